The van der Waals surface area contributed by atoms with Crippen LogP contribution in [0.2, 0.25) is 0 Å². The second-order valence-electron chi connectivity index (χ2n) is 6.94. The smallest absolute Gasteiger partial charge is 0.277 e. The Bertz CT molecular complexity index is 929. The first-order valence-electron chi connectivity index (χ1n) is 8.90. The number of likely N-dealkylation sites (tertiary alicyclic amines) is 1. The summed E-state index contributed by atoms with van der Waals surface area (Å²) in [5, 5.41) is -0.103. The fourth-order valence-electron chi connectivity index (χ4n) is 3.78. The number of aryl methyl sites for hydroxylation is 1. The lowest BCUT2D eigenvalue weighted by Gasteiger charge is -2.36. The lowest BCUT2D eigenvalue weighted by Crippen LogP contribution is -2.53. The van der Waals surface area contributed by atoms with Crippen LogP contribution in [0.25, 0.3) is 0 Å². The molecule has 1 atom stereocenters. The molecule has 1 fully saturated rings. The summed E-state index contributed by atoms with van der Waals surface area (Å²) in [4.78, 5) is 14.9. The van der Waals surface area contributed by atoms with Gasteiger partial charge in [-0.15, -0.1) is 0 Å². The number of carbonyl (C=O) groups is 1. The van der Waals surface area contributed by atoms with Crippen molar-refractivity contribution in [1.29, 1.82) is 0 Å². The third kappa shape index (κ3) is 2.95. The summed E-state index contributed by atoms with van der Waals surface area (Å²) < 4.78 is 33.1. The van der Waals surface area contributed by atoms with Gasteiger partial charge in [0.2, 0.25) is 11.0 Å². The summed E-state index contributed by atoms with van der Waals surface area (Å²) in [7, 11) is -3.89. The summed E-state index contributed by atoms with van der Waals surface area (Å²) in [5.41, 5.74) is 1.97. The van der Waals surface area contributed by atoms with E-state index >= 15 is 0 Å². The third-order valence-corrected chi connectivity index (χ3v) is 6.92. The third-order valence-electron chi connectivity index (χ3n) is 5.19. The van der Waals surface area contributed by atoms with Crippen molar-refractivity contribution in [1.82, 2.24) is 9.21 Å². The summed E-state index contributed by atoms with van der Waals surface area (Å²) in [6, 6.07) is 10.1. The first-order chi connectivity index (χ1) is 12.5. The molecule has 1 aromatic carbocycles. The minimum atomic E-state index is -3.89. The number of rotatable bonds is 3. The molecule has 0 spiro atoms. The molecule has 0 N–H and O–H groups in total. The zero-order chi connectivity index (χ0) is 18.3. The zero-order valence-electron chi connectivity index (χ0n) is 14.7. The predicted molar refractivity (Wildman–Crippen MR) is 95.9 cm³/mol. The van der Waals surface area contributed by atoms with E-state index < -0.39 is 16.1 Å². The molecule has 2 aliphatic heterocycles. The molecule has 7 heteroatoms. The maximum atomic E-state index is 13.2. The summed E-state index contributed by atoms with van der Waals surface area (Å²) in [5.74, 6) is 0.423. The van der Waals surface area contributed by atoms with Crippen molar-refractivity contribution in [3.63, 3.8) is 0 Å². The van der Waals surface area contributed by atoms with Gasteiger partial charge in [0.15, 0.2) is 0 Å². The maximum absolute atomic E-state index is 13.2. The standard InChI is InChI=1S/C19H22N2O4S/c1-14-8-9-18(25-14)26(23,24)21-13-16-7-3-2-6-15(16)12-17(21)19(22)20-10-4-5-11-20/h2-3,6-9,17H,4-5,10-13H2,1H3. The molecule has 1 saturated heterocycles. The van der Waals surface area contributed by atoms with Crippen LogP contribution in [0.4, 0.5) is 0 Å². The number of carbonyl (C=O) groups excluding carboxylic acids is 1. The molecular weight excluding hydrogens is 352 g/mol. The molecular formula is C19H22N2O4S. The van der Waals surface area contributed by atoms with Gasteiger partial charge in [-0.2, -0.15) is 4.31 Å². The highest BCUT2D eigenvalue weighted by Gasteiger charge is 2.42. The first-order valence-corrected chi connectivity index (χ1v) is 10.3. The highest BCUT2D eigenvalue weighted by Crippen LogP contribution is 2.31. The molecule has 0 radical (unpaired) electrons. The van der Waals surface area contributed by atoms with E-state index in [1.165, 1.54) is 10.4 Å². The van der Waals surface area contributed by atoms with Gasteiger partial charge < -0.3 is 9.32 Å². The van der Waals surface area contributed by atoms with Gasteiger partial charge >= 0.3 is 0 Å². The molecule has 3 heterocycles. The van der Waals surface area contributed by atoms with Crippen LogP contribution >= 0.6 is 0 Å². The Morgan fingerprint density at radius 3 is 2.42 bits per heavy atom. The van der Waals surface area contributed by atoms with E-state index in [1.807, 2.05) is 24.3 Å². The van der Waals surface area contributed by atoms with Crippen molar-refractivity contribution < 1.29 is 17.6 Å². The van der Waals surface area contributed by atoms with Crippen LogP contribution in [0.5, 0.6) is 0 Å². The number of sulfonamides is 1. The molecule has 1 unspecified atom stereocenters. The Hall–Kier alpha value is -2.12. The van der Waals surface area contributed by atoms with Crippen molar-refractivity contribution in [3.8, 4) is 0 Å². The van der Waals surface area contributed by atoms with Gasteiger partial charge in [-0.05, 0) is 49.4 Å². The quantitative estimate of drug-likeness (QED) is 0.827. The van der Waals surface area contributed by atoms with E-state index in [0.29, 0.717) is 25.3 Å². The van der Waals surface area contributed by atoms with E-state index in [4.69, 9.17) is 4.42 Å². The summed E-state index contributed by atoms with van der Waals surface area (Å²) in [6.45, 7) is 3.29. The lowest BCUT2D eigenvalue weighted by atomic mass is 9.95. The van der Waals surface area contributed by atoms with E-state index in [1.54, 1.807) is 17.9 Å². The molecule has 138 valence electrons. The molecule has 0 saturated carbocycles. The summed E-state index contributed by atoms with van der Waals surface area (Å²) in [6.07, 6.45) is 2.34. The number of nitrogens with zero attached hydrogens (tertiary/aromatic N) is 2. The highest BCUT2D eigenvalue weighted by atomic mass is 32.2. The van der Waals surface area contributed by atoms with E-state index in [0.717, 1.165) is 24.0 Å². The van der Waals surface area contributed by atoms with Crippen molar-refractivity contribution >= 4 is 15.9 Å². The number of amides is 1. The van der Waals surface area contributed by atoms with Gasteiger partial charge in [-0.1, -0.05) is 24.3 Å². The average molecular weight is 374 g/mol. The topological polar surface area (TPSA) is 70.8 Å². The molecule has 2 aliphatic rings. The first kappa shape index (κ1) is 17.3. The lowest BCUT2D eigenvalue weighted by molar-refractivity contribution is -0.134. The van der Waals surface area contributed by atoms with E-state index in [2.05, 4.69) is 0 Å². The minimum absolute atomic E-state index is 0.103. The van der Waals surface area contributed by atoms with Gasteiger partial charge in [-0.3, -0.25) is 4.79 Å². The molecule has 1 amide bonds. The molecule has 6 nitrogen and oxygen atoms in total. The van der Waals surface area contributed by atoms with Gasteiger partial charge in [0.1, 0.15) is 11.8 Å². The normalized spacial score (nSPS) is 21.0. The molecule has 26 heavy (non-hydrogen) atoms. The molecule has 4 rings (SSSR count). The van der Waals surface area contributed by atoms with Gasteiger partial charge in [0, 0.05) is 19.6 Å². The zero-order valence-corrected chi connectivity index (χ0v) is 15.5. The van der Waals surface area contributed by atoms with Gasteiger partial charge in [-0.25, -0.2) is 8.42 Å². The number of fused-ring (bicyclic) bond motifs is 1. The fourth-order valence-corrected chi connectivity index (χ4v) is 5.29. The van der Waals surface area contributed by atoms with Crippen molar-refractivity contribution in [2.24, 2.45) is 0 Å². The maximum Gasteiger partial charge on any atom is 0.277 e. The van der Waals surface area contributed by atoms with Crippen LogP contribution in [0.15, 0.2) is 45.9 Å². The minimum Gasteiger partial charge on any atom is -0.449 e. The Morgan fingerprint density at radius 1 is 1.08 bits per heavy atom. The average Bonchev–Trinajstić information content (AvgIpc) is 3.32. The Kier molecular flexibility index (Phi) is 4.36. The Morgan fingerprint density at radius 2 is 1.77 bits per heavy atom. The van der Waals surface area contributed by atoms with Crippen LogP contribution in [-0.4, -0.2) is 42.7 Å². The second-order valence-corrected chi connectivity index (χ2v) is 8.76. The Balaban J connectivity index is 1.74. The van der Waals surface area contributed by atoms with Crippen molar-refractivity contribution in [2.75, 3.05) is 13.1 Å². The van der Waals surface area contributed by atoms with Crippen LogP contribution < -0.4 is 0 Å². The van der Waals surface area contributed by atoms with Gasteiger partial charge in [0.05, 0.1) is 0 Å². The number of benzene rings is 1. The van der Waals surface area contributed by atoms with Crippen LogP contribution in [0, 0.1) is 6.92 Å². The molecule has 0 aliphatic carbocycles. The van der Waals surface area contributed by atoms with E-state index in [-0.39, 0.29) is 17.5 Å². The SMILES string of the molecule is Cc1ccc(S(=O)(=O)N2Cc3ccccc3CC2C(=O)N2CCCC2)o1. The molecule has 2 aromatic rings. The predicted octanol–water partition coefficient (Wildman–Crippen LogP) is 2.33. The summed E-state index contributed by atoms with van der Waals surface area (Å²) >= 11 is 0. The number of hydrogen-bond acceptors (Lipinski definition) is 4. The van der Waals surface area contributed by atoms with E-state index in [9.17, 15) is 13.2 Å². The molecule has 0 bridgehead atoms. The van der Waals surface area contributed by atoms with Crippen molar-refractivity contribution in [3.05, 3.63) is 53.3 Å². The van der Waals surface area contributed by atoms with Crippen molar-refractivity contribution in [2.45, 2.75) is 43.9 Å². The number of furan rings is 1. The number of hydrogen-bond donors (Lipinski definition) is 0. The van der Waals surface area contributed by atoms with Crippen LogP contribution in [-0.2, 0) is 27.8 Å². The highest BCUT2D eigenvalue weighted by molar-refractivity contribution is 7.89. The fraction of sp³-hybridized carbons (Fsp3) is 0.421. The van der Waals surface area contributed by atoms with Crippen LogP contribution in [0.3, 0.4) is 0 Å². The monoisotopic (exact) mass is 374 g/mol. The van der Waals surface area contributed by atoms with Gasteiger partial charge in [0.25, 0.3) is 10.0 Å². The largest absolute Gasteiger partial charge is 0.449 e. The van der Waals surface area contributed by atoms with Crippen LogP contribution in [0.1, 0.15) is 29.7 Å². The Labute approximate surface area is 153 Å². The second kappa shape index (κ2) is 6.55. The molecule has 1 aromatic heterocycles.